The van der Waals surface area contributed by atoms with Gasteiger partial charge in [0, 0.05) is 0 Å². The molecule has 2 N–H and O–H groups in total. The molecule has 0 bridgehead atoms. The van der Waals surface area contributed by atoms with Crippen LogP contribution in [-0.2, 0) is 0 Å². The number of fused-ring (bicyclic) bond motifs is 1. The number of benzene rings is 1. The van der Waals surface area contributed by atoms with Crippen molar-refractivity contribution in [2.75, 3.05) is 0 Å². The Hall–Kier alpha value is -1.19. The zero-order valence-corrected chi connectivity index (χ0v) is 9.28. The van der Waals surface area contributed by atoms with Gasteiger partial charge in [-0.1, -0.05) is 23.2 Å². The molecule has 1 aromatic carbocycles. The van der Waals surface area contributed by atoms with Crippen LogP contribution in [0.25, 0.3) is 10.9 Å². The molecule has 0 radical (unpaired) electrons. The van der Waals surface area contributed by atoms with E-state index in [-0.39, 0.29) is 21.9 Å². The predicted octanol–water partition coefficient (Wildman–Crippen LogP) is 2.85. The third-order valence-corrected chi connectivity index (χ3v) is 3.08. The van der Waals surface area contributed by atoms with E-state index in [0.717, 1.165) is 0 Å². The number of hydrogen-bond donors (Lipinski definition) is 2. The summed E-state index contributed by atoms with van der Waals surface area (Å²) in [4.78, 5) is 14.0. The van der Waals surface area contributed by atoms with Gasteiger partial charge in [0.25, 0.3) is 5.56 Å². The van der Waals surface area contributed by atoms with Crippen molar-refractivity contribution in [3.63, 3.8) is 0 Å². The summed E-state index contributed by atoms with van der Waals surface area (Å²) in [6, 6.07) is 3.17. The second kappa shape index (κ2) is 3.43. The van der Waals surface area contributed by atoms with Gasteiger partial charge in [0.2, 0.25) is 0 Å². The lowest BCUT2D eigenvalue weighted by molar-refractivity contribution is 0.476. The van der Waals surface area contributed by atoms with Crippen molar-refractivity contribution in [2.24, 2.45) is 0 Å². The van der Waals surface area contributed by atoms with Gasteiger partial charge in [-0.25, -0.2) is 0 Å². The fourth-order valence-electron chi connectivity index (χ4n) is 1.40. The van der Waals surface area contributed by atoms with Crippen LogP contribution in [0.5, 0.6) is 5.75 Å². The van der Waals surface area contributed by atoms with E-state index in [1.54, 1.807) is 12.1 Å². The van der Waals surface area contributed by atoms with Crippen LogP contribution in [0.4, 0.5) is 0 Å². The normalized spacial score (nSPS) is 10.9. The molecule has 78 valence electrons. The zero-order chi connectivity index (χ0) is 11.2. The molecule has 0 aliphatic heterocycles. The minimum atomic E-state index is -0.335. The lowest BCUT2D eigenvalue weighted by atomic mass is 10.1. The minimum absolute atomic E-state index is 0.124. The number of halogens is 2. The third kappa shape index (κ3) is 1.48. The summed E-state index contributed by atoms with van der Waals surface area (Å²) < 4.78 is 0. The van der Waals surface area contributed by atoms with Crippen LogP contribution in [0.15, 0.2) is 16.9 Å². The Bertz CT molecular complexity index is 604. The van der Waals surface area contributed by atoms with E-state index in [4.69, 9.17) is 23.2 Å². The van der Waals surface area contributed by atoms with E-state index in [1.807, 2.05) is 0 Å². The van der Waals surface area contributed by atoms with Crippen LogP contribution in [0, 0.1) is 6.92 Å². The summed E-state index contributed by atoms with van der Waals surface area (Å²) in [6.45, 7) is 1.52. The van der Waals surface area contributed by atoms with Crippen LogP contribution in [0.2, 0.25) is 10.0 Å². The van der Waals surface area contributed by atoms with Gasteiger partial charge in [0.05, 0.1) is 26.5 Å². The van der Waals surface area contributed by atoms with Crippen molar-refractivity contribution in [3.05, 3.63) is 38.1 Å². The average molecular weight is 244 g/mol. The Morgan fingerprint density at radius 2 is 2.00 bits per heavy atom. The van der Waals surface area contributed by atoms with Gasteiger partial charge < -0.3 is 10.1 Å². The van der Waals surface area contributed by atoms with Crippen LogP contribution < -0.4 is 5.56 Å². The Labute approximate surface area is 95.3 Å². The molecule has 0 spiro atoms. The number of aromatic hydroxyl groups is 1. The Balaban J connectivity index is 3.07. The summed E-state index contributed by atoms with van der Waals surface area (Å²) in [5.74, 6) is -0.124. The standard InChI is InChI=1S/C10H7Cl2NO2/c1-4-9(14)7-6(13-10(4)15)3-2-5(11)8(7)12/h2-3H,1H3,(H2,13,14,15). The number of nitrogens with one attached hydrogen (secondary N) is 1. The van der Waals surface area contributed by atoms with Gasteiger partial charge in [-0.2, -0.15) is 0 Å². The number of pyridine rings is 1. The molecule has 0 aliphatic rings. The van der Waals surface area contributed by atoms with Crippen molar-refractivity contribution in [2.45, 2.75) is 6.92 Å². The maximum atomic E-state index is 11.4. The molecule has 0 fully saturated rings. The largest absolute Gasteiger partial charge is 0.507 e. The van der Waals surface area contributed by atoms with Gasteiger partial charge in [0.15, 0.2) is 0 Å². The first-order valence-corrected chi connectivity index (χ1v) is 4.97. The highest BCUT2D eigenvalue weighted by Crippen LogP contribution is 2.35. The second-order valence-corrected chi connectivity index (χ2v) is 4.00. The molecule has 0 unspecified atom stereocenters. The molecular weight excluding hydrogens is 237 g/mol. The first-order chi connectivity index (χ1) is 7.02. The lowest BCUT2D eigenvalue weighted by Crippen LogP contribution is -2.09. The molecule has 1 heterocycles. The van der Waals surface area contributed by atoms with E-state index in [1.165, 1.54) is 6.92 Å². The monoisotopic (exact) mass is 243 g/mol. The first-order valence-electron chi connectivity index (χ1n) is 4.22. The molecule has 0 amide bonds. The summed E-state index contributed by atoms with van der Waals surface area (Å²) in [7, 11) is 0. The molecule has 15 heavy (non-hydrogen) atoms. The number of rotatable bonds is 0. The van der Waals surface area contributed by atoms with Gasteiger partial charge in [0.1, 0.15) is 5.75 Å². The van der Waals surface area contributed by atoms with Gasteiger partial charge in [-0.3, -0.25) is 4.79 Å². The molecule has 0 atom stereocenters. The number of aromatic amines is 1. The lowest BCUT2D eigenvalue weighted by Gasteiger charge is -2.06. The molecule has 1 aromatic heterocycles. The molecule has 0 saturated heterocycles. The fourth-order valence-corrected chi connectivity index (χ4v) is 1.81. The van der Waals surface area contributed by atoms with Gasteiger partial charge in [-0.15, -0.1) is 0 Å². The SMILES string of the molecule is Cc1c(O)c2c(Cl)c(Cl)ccc2[nH]c1=O. The summed E-state index contributed by atoms with van der Waals surface area (Å²) >= 11 is 11.8. The summed E-state index contributed by atoms with van der Waals surface area (Å²) in [5.41, 5.74) is 0.363. The van der Waals surface area contributed by atoms with Crippen molar-refractivity contribution >= 4 is 34.1 Å². The number of hydrogen-bond acceptors (Lipinski definition) is 2. The first kappa shape index (κ1) is 10.3. The molecule has 0 aliphatic carbocycles. The van der Waals surface area contributed by atoms with Crippen LogP contribution >= 0.6 is 23.2 Å². The maximum Gasteiger partial charge on any atom is 0.255 e. The fraction of sp³-hybridized carbons (Fsp3) is 0.100. The topological polar surface area (TPSA) is 53.1 Å². The highest BCUT2D eigenvalue weighted by Gasteiger charge is 2.12. The smallest absolute Gasteiger partial charge is 0.255 e. The highest BCUT2D eigenvalue weighted by molar-refractivity contribution is 6.45. The van der Waals surface area contributed by atoms with E-state index in [9.17, 15) is 9.90 Å². The van der Waals surface area contributed by atoms with Crippen molar-refractivity contribution in [1.29, 1.82) is 0 Å². The van der Waals surface area contributed by atoms with Crippen LogP contribution in [0.3, 0.4) is 0 Å². The van der Waals surface area contributed by atoms with Crippen molar-refractivity contribution < 1.29 is 5.11 Å². The summed E-state index contributed by atoms with van der Waals surface area (Å²) in [6.07, 6.45) is 0. The Morgan fingerprint density at radius 3 is 2.67 bits per heavy atom. The van der Waals surface area contributed by atoms with E-state index >= 15 is 0 Å². The quantitative estimate of drug-likeness (QED) is 0.748. The van der Waals surface area contributed by atoms with E-state index in [2.05, 4.69) is 4.98 Å². The molecular formula is C10H7Cl2NO2. The Morgan fingerprint density at radius 1 is 1.33 bits per heavy atom. The third-order valence-electron chi connectivity index (χ3n) is 2.28. The number of H-pyrrole nitrogens is 1. The molecule has 5 heteroatoms. The second-order valence-electron chi connectivity index (χ2n) is 3.21. The van der Waals surface area contributed by atoms with E-state index < -0.39 is 0 Å². The molecule has 2 aromatic rings. The molecule has 3 nitrogen and oxygen atoms in total. The Kier molecular flexibility index (Phi) is 2.37. The molecule has 2 rings (SSSR count). The maximum absolute atomic E-state index is 11.4. The number of aromatic nitrogens is 1. The zero-order valence-electron chi connectivity index (χ0n) is 7.77. The predicted molar refractivity (Wildman–Crippen MR) is 61.0 cm³/mol. The minimum Gasteiger partial charge on any atom is -0.507 e. The van der Waals surface area contributed by atoms with E-state index in [0.29, 0.717) is 15.9 Å². The highest BCUT2D eigenvalue weighted by atomic mass is 35.5. The van der Waals surface area contributed by atoms with Gasteiger partial charge in [-0.05, 0) is 19.1 Å². The van der Waals surface area contributed by atoms with Crippen LogP contribution in [0.1, 0.15) is 5.56 Å². The van der Waals surface area contributed by atoms with Gasteiger partial charge >= 0.3 is 0 Å². The van der Waals surface area contributed by atoms with Crippen molar-refractivity contribution in [3.8, 4) is 5.75 Å². The molecule has 0 saturated carbocycles. The summed E-state index contributed by atoms with van der Waals surface area (Å²) in [5, 5.41) is 10.7. The average Bonchev–Trinajstić information content (AvgIpc) is 2.20. The van der Waals surface area contributed by atoms with Crippen molar-refractivity contribution in [1.82, 2.24) is 4.98 Å². The van der Waals surface area contributed by atoms with Crippen LogP contribution in [-0.4, -0.2) is 10.1 Å².